The number of anilines is 1. The number of nitrogens with one attached hydrogen (secondary N) is 2. The maximum atomic E-state index is 13.8. The minimum atomic E-state index is -0.988. The van der Waals surface area contributed by atoms with E-state index in [4.69, 9.17) is 4.74 Å². The molecule has 0 fully saturated rings. The molecular formula is C28H33N3O4S. The Bertz CT molecular complexity index is 1210. The van der Waals surface area contributed by atoms with Crippen molar-refractivity contribution in [3.8, 4) is 5.75 Å². The molecule has 1 atom stereocenters. The van der Waals surface area contributed by atoms with Crippen molar-refractivity contribution in [2.24, 2.45) is 0 Å². The van der Waals surface area contributed by atoms with E-state index in [1.807, 2.05) is 45.9 Å². The number of nitrogens with zero attached hydrogens (tertiary/aromatic N) is 1. The first kappa shape index (κ1) is 26.9. The molecule has 1 heterocycles. The van der Waals surface area contributed by atoms with Crippen LogP contribution in [0.3, 0.4) is 0 Å². The number of ether oxygens (including phenoxy) is 1. The third-order valence-electron chi connectivity index (χ3n) is 6.05. The Morgan fingerprint density at radius 2 is 1.81 bits per heavy atom. The molecule has 2 aromatic carbocycles. The Morgan fingerprint density at radius 3 is 2.44 bits per heavy atom. The number of carbonyl (C=O) groups excluding carboxylic acids is 3. The Hall–Kier alpha value is -3.65. The van der Waals surface area contributed by atoms with Crippen molar-refractivity contribution in [2.45, 2.75) is 45.7 Å². The number of carbonyl (C=O) groups is 3. The number of thiophene rings is 1. The number of aryl methyl sites for hydroxylation is 1. The number of para-hydroxylation sites is 1. The van der Waals surface area contributed by atoms with Crippen LogP contribution in [-0.2, 0) is 9.59 Å². The molecule has 0 unspecified atom stereocenters. The van der Waals surface area contributed by atoms with Gasteiger partial charge in [-0.25, -0.2) is 0 Å². The molecule has 0 aliphatic rings. The van der Waals surface area contributed by atoms with Gasteiger partial charge in [0, 0.05) is 11.2 Å². The number of benzene rings is 2. The molecule has 0 saturated heterocycles. The van der Waals surface area contributed by atoms with Crippen LogP contribution in [0.4, 0.5) is 5.69 Å². The predicted molar refractivity (Wildman–Crippen MR) is 144 cm³/mol. The zero-order chi connectivity index (χ0) is 26.3. The van der Waals surface area contributed by atoms with Crippen LogP contribution in [-0.4, -0.2) is 36.9 Å². The van der Waals surface area contributed by atoms with Gasteiger partial charge in [-0.1, -0.05) is 43.3 Å². The molecule has 3 amide bonds. The van der Waals surface area contributed by atoms with Crippen LogP contribution in [0.1, 0.15) is 54.0 Å². The molecule has 3 aromatic rings. The highest BCUT2D eigenvalue weighted by Gasteiger charge is 2.35. The number of rotatable bonds is 10. The van der Waals surface area contributed by atoms with Gasteiger partial charge in [0.1, 0.15) is 11.8 Å². The molecule has 3 rings (SSSR count). The molecule has 0 aliphatic carbocycles. The van der Waals surface area contributed by atoms with Crippen LogP contribution in [0.5, 0.6) is 5.75 Å². The summed E-state index contributed by atoms with van der Waals surface area (Å²) in [6, 6.07) is 17.0. The van der Waals surface area contributed by atoms with E-state index in [0.29, 0.717) is 28.3 Å². The van der Waals surface area contributed by atoms with Crippen LogP contribution in [0.15, 0.2) is 66.0 Å². The van der Waals surface area contributed by atoms with Crippen molar-refractivity contribution in [1.82, 2.24) is 10.6 Å². The maximum Gasteiger partial charge on any atom is 0.261 e. The van der Waals surface area contributed by atoms with Crippen LogP contribution in [0.25, 0.3) is 0 Å². The fourth-order valence-corrected chi connectivity index (χ4v) is 4.35. The molecule has 1 aromatic heterocycles. The maximum absolute atomic E-state index is 13.8. The lowest BCUT2D eigenvalue weighted by molar-refractivity contribution is -0.127. The van der Waals surface area contributed by atoms with Crippen molar-refractivity contribution >= 4 is 34.7 Å². The largest absolute Gasteiger partial charge is 0.497 e. The molecule has 2 N–H and O–H groups in total. The van der Waals surface area contributed by atoms with Crippen molar-refractivity contribution in [3.05, 3.63) is 82.0 Å². The van der Waals surface area contributed by atoms with E-state index in [0.717, 1.165) is 5.56 Å². The Labute approximate surface area is 216 Å². The summed E-state index contributed by atoms with van der Waals surface area (Å²) >= 11 is 1.30. The van der Waals surface area contributed by atoms with Gasteiger partial charge in [0.2, 0.25) is 11.8 Å². The summed E-state index contributed by atoms with van der Waals surface area (Å²) in [7, 11) is 1.55. The van der Waals surface area contributed by atoms with Crippen LogP contribution < -0.4 is 20.3 Å². The zero-order valence-electron chi connectivity index (χ0n) is 21.3. The molecule has 0 saturated carbocycles. The minimum absolute atomic E-state index is 0.268. The number of amides is 3. The van der Waals surface area contributed by atoms with Crippen LogP contribution in [0, 0.1) is 6.92 Å². The highest BCUT2D eigenvalue weighted by atomic mass is 32.1. The number of hydrogen-bond donors (Lipinski definition) is 2. The van der Waals surface area contributed by atoms with Crippen molar-refractivity contribution in [1.29, 1.82) is 0 Å². The molecule has 0 aliphatic heterocycles. The topological polar surface area (TPSA) is 87.7 Å². The third kappa shape index (κ3) is 6.51. The second-order valence-electron chi connectivity index (χ2n) is 9.12. The SMILES string of the molecule is CCC(C)(C)NC(=O)[C@H](c1cccc(OC)c1)N(C(=O)CNC(=O)c1cccs1)c1ccccc1C. The van der Waals surface area contributed by atoms with Gasteiger partial charge < -0.3 is 15.4 Å². The van der Waals surface area contributed by atoms with Gasteiger partial charge >= 0.3 is 0 Å². The summed E-state index contributed by atoms with van der Waals surface area (Å²) in [4.78, 5) is 42.2. The molecule has 0 bridgehead atoms. The first-order chi connectivity index (χ1) is 17.2. The van der Waals surface area contributed by atoms with Crippen molar-refractivity contribution in [2.75, 3.05) is 18.6 Å². The first-order valence-corrected chi connectivity index (χ1v) is 12.7. The fourth-order valence-electron chi connectivity index (χ4n) is 3.71. The summed E-state index contributed by atoms with van der Waals surface area (Å²) in [6.45, 7) is 7.49. The average Bonchev–Trinajstić information content (AvgIpc) is 3.41. The standard InChI is InChI=1S/C28H33N3O4S/c1-6-28(3,4)30-27(34)25(20-12-9-13-21(17-20)35-5)31(22-14-8-7-11-19(22)2)24(32)18-29-26(33)23-15-10-16-36-23/h7-17,25H,6,18H2,1-5H3,(H,29,33)(H,30,34)/t25-/m0/s1. The molecular weight excluding hydrogens is 474 g/mol. The normalized spacial score (nSPS) is 11.9. The zero-order valence-corrected chi connectivity index (χ0v) is 22.1. The molecule has 0 radical (unpaired) electrons. The Morgan fingerprint density at radius 1 is 1.06 bits per heavy atom. The van der Waals surface area contributed by atoms with E-state index in [-0.39, 0.29) is 18.4 Å². The Kier molecular flexibility index (Phi) is 8.88. The van der Waals surface area contributed by atoms with Gasteiger partial charge in [0.25, 0.3) is 5.91 Å². The van der Waals surface area contributed by atoms with Gasteiger partial charge in [-0.05, 0) is 68.0 Å². The average molecular weight is 508 g/mol. The van der Waals surface area contributed by atoms with E-state index in [1.54, 1.807) is 55.0 Å². The second-order valence-corrected chi connectivity index (χ2v) is 10.1. The first-order valence-electron chi connectivity index (χ1n) is 11.8. The fraction of sp³-hybridized carbons (Fsp3) is 0.321. The van der Waals surface area contributed by atoms with Crippen LogP contribution in [0.2, 0.25) is 0 Å². The molecule has 7 nitrogen and oxygen atoms in total. The van der Waals surface area contributed by atoms with Gasteiger partial charge in [0.15, 0.2) is 0 Å². The van der Waals surface area contributed by atoms with Crippen molar-refractivity contribution < 1.29 is 19.1 Å². The number of methoxy groups -OCH3 is 1. The van der Waals surface area contributed by atoms with Gasteiger partial charge in [-0.15, -0.1) is 11.3 Å². The number of hydrogen-bond acceptors (Lipinski definition) is 5. The lowest BCUT2D eigenvalue weighted by Crippen LogP contribution is -2.52. The highest BCUT2D eigenvalue weighted by Crippen LogP contribution is 2.32. The van der Waals surface area contributed by atoms with Gasteiger partial charge in [-0.2, -0.15) is 0 Å². The predicted octanol–water partition coefficient (Wildman–Crippen LogP) is 4.87. The second kappa shape index (κ2) is 11.9. The smallest absolute Gasteiger partial charge is 0.261 e. The van der Waals surface area contributed by atoms with E-state index in [9.17, 15) is 14.4 Å². The van der Waals surface area contributed by atoms with E-state index in [2.05, 4.69) is 10.6 Å². The Balaban J connectivity index is 2.07. The van der Waals surface area contributed by atoms with Gasteiger partial charge in [0.05, 0.1) is 18.5 Å². The monoisotopic (exact) mass is 507 g/mol. The summed E-state index contributed by atoms with van der Waals surface area (Å²) < 4.78 is 5.41. The highest BCUT2D eigenvalue weighted by molar-refractivity contribution is 7.12. The van der Waals surface area contributed by atoms with E-state index in [1.165, 1.54) is 16.2 Å². The molecule has 0 spiro atoms. The summed E-state index contributed by atoms with van der Waals surface area (Å²) in [5, 5.41) is 7.60. The van der Waals surface area contributed by atoms with Crippen molar-refractivity contribution in [3.63, 3.8) is 0 Å². The minimum Gasteiger partial charge on any atom is -0.497 e. The molecule has 36 heavy (non-hydrogen) atoms. The molecule has 8 heteroatoms. The quantitative estimate of drug-likeness (QED) is 0.410. The molecule has 190 valence electrons. The summed E-state index contributed by atoms with van der Waals surface area (Å²) in [5.74, 6) is -0.497. The van der Waals surface area contributed by atoms with Crippen LogP contribution >= 0.6 is 11.3 Å². The van der Waals surface area contributed by atoms with E-state index >= 15 is 0 Å². The lowest BCUT2D eigenvalue weighted by atomic mass is 9.97. The third-order valence-corrected chi connectivity index (χ3v) is 6.92. The summed E-state index contributed by atoms with van der Waals surface area (Å²) in [6.07, 6.45) is 0.707. The van der Waals surface area contributed by atoms with Gasteiger partial charge in [-0.3, -0.25) is 19.3 Å². The lowest BCUT2D eigenvalue weighted by Gasteiger charge is -2.35. The summed E-state index contributed by atoms with van der Waals surface area (Å²) in [5.41, 5.74) is 1.53. The van der Waals surface area contributed by atoms with E-state index < -0.39 is 17.5 Å².